The van der Waals surface area contributed by atoms with Crippen molar-refractivity contribution in [3.63, 3.8) is 0 Å². The van der Waals surface area contributed by atoms with Gasteiger partial charge in [0, 0.05) is 12.0 Å². The Morgan fingerprint density at radius 3 is 1.68 bits per heavy atom. The van der Waals surface area contributed by atoms with Gasteiger partial charge in [0.05, 0.1) is 6.61 Å². The fourth-order valence-corrected chi connectivity index (χ4v) is 2.22. The third-order valence-corrected chi connectivity index (χ3v) is 3.87. The number of rotatable bonds is 13. The maximum absolute atomic E-state index is 10.0. The first-order valence-corrected chi connectivity index (χ1v) is 9.07. The van der Waals surface area contributed by atoms with Crippen LogP contribution in [0.3, 0.4) is 0 Å². The lowest BCUT2D eigenvalue weighted by Crippen LogP contribution is -2.43. The molecule has 134 valence electrons. The van der Waals surface area contributed by atoms with Gasteiger partial charge < -0.3 is 15.9 Å². The van der Waals surface area contributed by atoms with Crippen molar-refractivity contribution in [3.8, 4) is 0 Å². The minimum atomic E-state index is -0.670. The molecule has 0 heterocycles. The molecule has 4 heteroatoms. The second kappa shape index (κ2) is 16.8. The Morgan fingerprint density at radius 1 is 0.864 bits per heavy atom. The van der Waals surface area contributed by atoms with Crippen LogP contribution in [0.4, 0.5) is 0 Å². The molecule has 0 fully saturated rings. The standard InChI is InChI=1S/C10H23NO.C8H16O2/c1-3-5-7-10(11,9-12)8-6-4-2;1-2-3-4-5-6-7-8(9)10/h12H,3-9,11H2,1-2H3;2-7H2,1H3,(H,9,10). The molecule has 0 unspecified atom stereocenters. The average molecular weight is 318 g/mol. The first kappa shape index (κ1) is 23.7. The molecule has 22 heavy (non-hydrogen) atoms. The Balaban J connectivity index is 0. The Morgan fingerprint density at radius 2 is 1.32 bits per heavy atom. The largest absolute Gasteiger partial charge is 0.481 e. The summed E-state index contributed by atoms with van der Waals surface area (Å²) in [5.74, 6) is -0.670. The van der Waals surface area contributed by atoms with Crippen LogP contribution in [0, 0.1) is 0 Å². The normalized spacial score (nSPS) is 11.0. The van der Waals surface area contributed by atoms with Gasteiger partial charge in [0.15, 0.2) is 0 Å². The average Bonchev–Trinajstić information content (AvgIpc) is 2.51. The number of carboxylic acid groups (broad SMARTS) is 1. The number of nitrogens with two attached hydrogens (primary N) is 1. The van der Waals surface area contributed by atoms with Gasteiger partial charge in [-0.2, -0.15) is 0 Å². The molecule has 0 amide bonds. The number of aliphatic hydroxyl groups is 1. The van der Waals surface area contributed by atoms with Gasteiger partial charge in [0.1, 0.15) is 0 Å². The fourth-order valence-electron chi connectivity index (χ4n) is 2.22. The molecule has 4 N–H and O–H groups in total. The molecule has 0 aromatic rings. The van der Waals surface area contributed by atoms with Crippen LogP contribution in [0.25, 0.3) is 0 Å². The van der Waals surface area contributed by atoms with Crippen LogP contribution < -0.4 is 5.73 Å². The van der Waals surface area contributed by atoms with E-state index in [1.54, 1.807) is 0 Å². The van der Waals surface area contributed by atoms with E-state index in [0.717, 1.165) is 51.4 Å². The SMILES string of the molecule is CCCCC(N)(CO)CCCC.CCCCCCCC(=O)O. The summed E-state index contributed by atoms with van der Waals surface area (Å²) < 4.78 is 0. The number of unbranched alkanes of at least 4 members (excludes halogenated alkanes) is 6. The summed E-state index contributed by atoms with van der Waals surface area (Å²) in [5, 5.41) is 17.4. The molecule has 0 bridgehead atoms. The van der Waals surface area contributed by atoms with Gasteiger partial charge in [-0.3, -0.25) is 4.79 Å². The van der Waals surface area contributed by atoms with Crippen molar-refractivity contribution in [2.45, 2.75) is 103 Å². The van der Waals surface area contributed by atoms with Gasteiger partial charge in [-0.05, 0) is 19.3 Å². The van der Waals surface area contributed by atoms with Gasteiger partial charge in [-0.15, -0.1) is 0 Å². The molecule has 0 aliphatic heterocycles. The Bertz CT molecular complexity index is 236. The highest BCUT2D eigenvalue weighted by Crippen LogP contribution is 2.17. The monoisotopic (exact) mass is 317 g/mol. The number of carboxylic acids is 1. The van der Waals surface area contributed by atoms with E-state index in [4.69, 9.17) is 15.9 Å². The molecule has 0 saturated carbocycles. The second-order valence-electron chi connectivity index (χ2n) is 6.29. The number of carbonyl (C=O) groups is 1. The van der Waals surface area contributed by atoms with Crippen molar-refractivity contribution in [1.29, 1.82) is 0 Å². The highest BCUT2D eigenvalue weighted by atomic mass is 16.4. The topological polar surface area (TPSA) is 83.5 Å². The molecular weight excluding hydrogens is 278 g/mol. The summed E-state index contributed by atoms with van der Waals surface area (Å²) in [6.45, 7) is 6.58. The third-order valence-electron chi connectivity index (χ3n) is 3.87. The van der Waals surface area contributed by atoms with Crippen molar-refractivity contribution in [3.05, 3.63) is 0 Å². The van der Waals surface area contributed by atoms with Gasteiger partial charge in [0.25, 0.3) is 0 Å². The molecule has 0 aliphatic carbocycles. The molecule has 0 atom stereocenters. The lowest BCUT2D eigenvalue weighted by molar-refractivity contribution is -0.137. The summed E-state index contributed by atoms with van der Waals surface area (Å²) in [6.07, 6.45) is 12.4. The van der Waals surface area contributed by atoms with E-state index in [9.17, 15) is 4.79 Å². The highest BCUT2D eigenvalue weighted by Gasteiger charge is 2.21. The third kappa shape index (κ3) is 17.4. The summed E-state index contributed by atoms with van der Waals surface area (Å²) in [4.78, 5) is 10.0. The van der Waals surface area contributed by atoms with Crippen LogP contribution in [0.15, 0.2) is 0 Å². The zero-order valence-electron chi connectivity index (χ0n) is 15.1. The van der Waals surface area contributed by atoms with Crippen LogP contribution in [0.2, 0.25) is 0 Å². The maximum Gasteiger partial charge on any atom is 0.303 e. The fraction of sp³-hybridized carbons (Fsp3) is 0.944. The Hall–Kier alpha value is -0.610. The molecule has 0 aromatic heterocycles. The lowest BCUT2D eigenvalue weighted by atomic mass is 9.89. The molecule has 4 nitrogen and oxygen atoms in total. The molecule has 0 aromatic carbocycles. The summed E-state index contributed by atoms with van der Waals surface area (Å²) in [5.41, 5.74) is 5.72. The molecule has 0 aliphatic rings. The molecular formula is C18H39NO3. The van der Waals surface area contributed by atoms with E-state index in [1.807, 2.05) is 0 Å². The zero-order chi connectivity index (χ0) is 17.3. The molecule has 0 radical (unpaired) electrons. The van der Waals surface area contributed by atoms with Crippen molar-refractivity contribution in [1.82, 2.24) is 0 Å². The molecule has 0 saturated heterocycles. The number of hydrogen-bond acceptors (Lipinski definition) is 3. The van der Waals surface area contributed by atoms with Gasteiger partial charge in [0.2, 0.25) is 0 Å². The van der Waals surface area contributed by atoms with E-state index in [2.05, 4.69) is 20.8 Å². The molecule has 0 rings (SSSR count). The van der Waals surface area contributed by atoms with Crippen LogP contribution >= 0.6 is 0 Å². The second-order valence-corrected chi connectivity index (χ2v) is 6.29. The van der Waals surface area contributed by atoms with Crippen molar-refractivity contribution in [2.75, 3.05) is 6.61 Å². The predicted octanol–water partition coefficient (Wildman–Crippen LogP) is 4.49. The van der Waals surface area contributed by atoms with Crippen LogP contribution in [-0.4, -0.2) is 28.3 Å². The van der Waals surface area contributed by atoms with E-state index in [1.165, 1.54) is 19.3 Å². The quantitative estimate of drug-likeness (QED) is 0.437. The van der Waals surface area contributed by atoms with E-state index in [0.29, 0.717) is 6.42 Å². The summed E-state index contributed by atoms with van der Waals surface area (Å²) in [6, 6.07) is 0. The first-order valence-electron chi connectivity index (χ1n) is 9.07. The highest BCUT2D eigenvalue weighted by molar-refractivity contribution is 5.66. The Kier molecular flexibility index (Phi) is 18.0. The maximum atomic E-state index is 10.0. The van der Waals surface area contributed by atoms with Crippen molar-refractivity contribution >= 4 is 5.97 Å². The van der Waals surface area contributed by atoms with Gasteiger partial charge in [-0.25, -0.2) is 0 Å². The summed E-state index contributed by atoms with van der Waals surface area (Å²) >= 11 is 0. The van der Waals surface area contributed by atoms with Crippen LogP contribution in [0.5, 0.6) is 0 Å². The molecule has 0 spiro atoms. The number of aliphatic hydroxyl groups excluding tert-OH is 1. The lowest BCUT2D eigenvalue weighted by Gasteiger charge is -2.26. The van der Waals surface area contributed by atoms with Crippen LogP contribution in [-0.2, 0) is 4.79 Å². The van der Waals surface area contributed by atoms with Gasteiger partial charge in [-0.1, -0.05) is 72.1 Å². The van der Waals surface area contributed by atoms with Gasteiger partial charge >= 0.3 is 5.97 Å². The van der Waals surface area contributed by atoms with Crippen molar-refractivity contribution < 1.29 is 15.0 Å². The van der Waals surface area contributed by atoms with E-state index >= 15 is 0 Å². The number of hydrogen-bond donors (Lipinski definition) is 3. The Labute approximate surface area is 137 Å². The minimum absolute atomic E-state index is 0.132. The summed E-state index contributed by atoms with van der Waals surface area (Å²) in [7, 11) is 0. The van der Waals surface area contributed by atoms with Crippen molar-refractivity contribution in [2.24, 2.45) is 5.73 Å². The predicted molar refractivity (Wildman–Crippen MR) is 94.1 cm³/mol. The zero-order valence-corrected chi connectivity index (χ0v) is 15.1. The van der Waals surface area contributed by atoms with Crippen LogP contribution in [0.1, 0.15) is 97.8 Å². The van der Waals surface area contributed by atoms with E-state index in [-0.39, 0.29) is 12.1 Å². The van der Waals surface area contributed by atoms with E-state index < -0.39 is 5.97 Å². The smallest absolute Gasteiger partial charge is 0.303 e. The number of aliphatic carboxylic acids is 1. The minimum Gasteiger partial charge on any atom is -0.481 e. The first-order chi connectivity index (χ1) is 10.5.